The van der Waals surface area contributed by atoms with Gasteiger partial charge in [-0.3, -0.25) is 0 Å². The summed E-state index contributed by atoms with van der Waals surface area (Å²) < 4.78 is 50.8. The molecule has 0 radical (unpaired) electrons. The Balaban J connectivity index is 2.21. The maximum atomic E-state index is 13.1. The van der Waals surface area contributed by atoms with E-state index in [2.05, 4.69) is 0 Å². The van der Waals surface area contributed by atoms with Crippen LogP contribution in [-0.4, -0.2) is 25.4 Å². The van der Waals surface area contributed by atoms with E-state index in [1.807, 2.05) is 71.0 Å². The summed E-state index contributed by atoms with van der Waals surface area (Å²) in [5, 5.41) is 0.890. The highest BCUT2D eigenvalue weighted by Gasteiger charge is 2.31. The van der Waals surface area contributed by atoms with Gasteiger partial charge in [0.05, 0.1) is 6.61 Å². The predicted molar refractivity (Wildman–Crippen MR) is 133 cm³/mol. The Morgan fingerprint density at radius 3 is 2.41 bits per heavy atom. The van der Waals surface area contributed by atoms with Gasteiger partial charge < -0.3 is 9.47 Å². The molecular formula is C27H29F3O3S. The van der Waals surface area contributed by atoms with E-state index in [-0.39, 0.29) is 5.75 Å². The van der Waals surface area contributed by atoms with Gasteiger partial charge in [-0.15, -0.1) is 11.3 Å². The van der Waals surface area contributed by atoms with Crippen LogP contribution in [0, 0.1) is 6.92 Å². The van der Waals surface area contributed by atoms with Crippen LogP contribution >= 0.6 is 11.3 Å². The molecule has 2 aromatic carbocycles. The number of rotatable bonds is 6. The van der Waals surface area contributed by atoms with E-state index < -0.39 is 24.2 Å². The third kappa shape index (κ3) is 6.00. The summed E-state index contributed by atoms with van der Waals surface area (Å²) in [6.07, 6.45) is -3.00. The normalized spacial score (nSPS) is 12.8. The van der Waals surface area contributed by atoms with E-state index in [0.29, 0.717) is 12.2 Å². The number of carbonyl (C=O) groups excluding carboxylic acids is 1. The van der Waals surface area contributed by atoms with Gasteiger partial charge in [0.25, 0.3) is 0 Å². The van der Waals surface area contributed by atoms with Crippen molar-refractivity contribution in [2.75, 3.05) is 13.2 Å². The number of allylic oxidation sites excluding steroid dienone is 1. The van der Waals surface area contributed by atoms with Crippen molar-refractivity contribution in [3.05, 3.63) is 58.5 Å². The highest BCUT2D eigenvalue weighted by molar-refractivity contribution is 7.20. The summed E-state index contributed by atoms with van der Waals surface area (Å²) in [7, 11) is 0. The Bertz CT molecular complexity index is 1230. The van der Waals surface area contributed by atoms with Gasteiger partial charge in [-0.1, -0.05) is 39.0 Å². The van der Waals surface area contributed by atoms with Gasteiger partial charge in [-0.2, -0.15) is 13.2 Å². The van der Waals surface area contributed by atoms with Gasteiger partial charge in [-0.25, -0.2) is 4.79 Å². The lowest BCUT2D eigenvalue weighted by Crippen LogP contribution is -2.22. The Morgan fingerprint density at radius 1 is 1.09 bits per heavy atom. The lowest BCUT2D eigenvalue weighted by molar-refractivity contribution is -0.153. The van der Waals surface area contributed by atoms with Crippen molar-refractivity contribution >= 4 is 33.0 Å². The Morgan fingerprint density at radius 2 is 1.79 bits per heavy atom. The van der Waals surface area contributed by atoms with Crippen LogP contribution in [0.1, 0.15) is 50.6 Å². The lowest BCUT2D eigenvalue weighted by Gasteiger charge is -2.26. The van der Waals surface area contributed by atoms with Crippen LogP contribution in [0.3, 0.4) is 0 Å². The van der Waals surface area contributed by atoms with Crippen LogP contribution in [-0.2, 0) is 14.9 Å². The number of ether oxygens (including phenoxy) is 2. The first-order chi connectivity index (χ1) is 15.8. The quantitative estimate of drug-likeness (QED) is 0.259. The summed E-state index contributed by atoms with van der Waals surface area (Å²) in [4.78, 5) is 12.8. The molecule has 0 saturated heterocycles. The smallest absolute Gasteiger partial charge is 0.422 e. The molecule has 7 heteroatoms. The summed E-state index contributed by atoms with van der Waals surface area (Å²) in [5.41, 5.74) is 3.40. The molecule has 3 nitrogen and oxygen atoms in total. The molecule has 0 bridgehead atoms. The first-order valence-electron chi connectivity index (χ1n) is 11.0. The molecule has 1 heterocycles. The van der Waals surface area contributed by atoms with Crippen molar-refractivity contribution in [1.29, 1.82) is 0 Å². The zero-order valence-corrected chi connectivity index (χ0v) is 21.0. The minimum atomic E-state index is -4.45. The van der Waals surface area contributed by atoms with Gasteiger partial charge in [0.2, 0.25) is 0 Å². The monoisotopic (exact) mass is 490 g/mol. The lowest BCUT2D eigenvalue weighted by atomic mass is 9.83. The Kier molecular flexibility index (Phi) is 7.46. The third-order valence-corrected chi connectivity index (χ3v) is 6.52. The van der Waals surface area contributed by atoms with Crippen LogP contribution in [0.4, 0.5) is 13.2 Å². The molecule has 3 rings (SSSR count). The van der Waals surface area contributed by atoms with Crippen LogP contribution in [0.25, 0.3) is 26.8 Å². The van der Waals surface area contributed by atoms with Crippen LogP contribution in [0.5, 0.6) is 5.75 Å². The minimum absolute atomic E-state index is 0.245. The molecule has 0 unspecified atom stereocenters. The van der Waals surface area contributed by atoms with Gasteiger partial charge >= 0.3 is 12.1 Å². The molecule has 0 saturated carbocycles. The first-order valence-corrected chi connectivity index (χ1v) is 11.8. The molecule has 0 amide bonds. The summed E-state index contributed by atoms with van der Waals surface area (Å²) >= 11 is 1.51. The molecule has 0 atom stereocenters. The van der Waals surface area contributed by atoms with Gasteiger partial charge in [0.1, 0.15) is 5.75 Å². The number of thiophene rings is 1. The van der Waals surface area contributed by atoms with Crippen molar-refractivity contribution in [3.8, 4) is 16.9 Å². The summed E-state index contributed by atoms with van der Waals surface area (Å²) in [6.45, 7) is 10.3. The molecule has 182 valence electrons. The number of esters is 1. The Labute approximate surface area is 202 Å². The van der Waals surface area contributed by atoms with E-state index in [1.54, 1.807) is 6.92 Å². The number of hydrogen-bond donors (Lipinski definition) is 0. The maximum absolute atomic E-state index is 13.1. The van der Waals surface area contributed by atoms with E-state index in [4.69, 9.17) is 9.47 Å². The Hall–Kier alpha value is -2.80. The fourth-order valence-corrected chi connectivity index (χ4v) is 4.82. The number of aryl methyl sites for hydroxylation is 1. The number of alkyl halides is 3. The minimum Gasteiger partial charge on any atom is -0.483 e. The van der Waals surface area contributed by atoms with Crippen molar-refractivity contribution in [2.45, 2.75) is 53.1 Å². The van der Waals surface area contributed by atoms with E-state index in [9.17, 15) is 18.0 Å². The summed E-state index contributed by atoms with van der Waals surface area (Å²) in [6, 6.07) is 11.5. The molecule has 0 fully saturated rings. The van der Waals surface area contributed by atoms with Gasteiger partial charge in [0.15, 0.2) is 6.61 Å². The third-order valence-electron chi connectivity index (χ3n) is 5.28. The molecular weight excluding hydrogens is 461 g/mol. The van der Waals surface area contributed by atoms with E-state index in [1.165, 1.54) is 17.4 Å². The van der Waals surface area contributed by atoms with E-state index in [0.717, 1.165) is 37.2 Å². The molecule has 34 heavy (non-hydrogen) atoms. The van der Waals surface area contributed by atoms with Gasteiger partial charge in [0, 0.05) is 32.2 Å². The van der Waals surface area contributed by atoms with Crippen molar-refractivity contribution < 1.29 is 27.4 Å². The zero-order valence-electron chi connectivity index (χ0n) is 20.2. The highest BCUT2D eigenvalue weighted by Crippen LogP contribution is 2.45. The first kappa shape index (κ1) is 25.8. The standard InChI is InChI=1S/C27H29F3O3S/c1-7-32-24(31)13-17(3)23-14-19-18(9-8-10-22(19)34-23)20-11-16(2)12-21(26(4,5)6)25(20)33-15-27(28,29)30/h8-14H,7,15H2,1-6H3/b17-13+. The number of halogens is 3. The zero-order chi connectivity index (χ0) is 25.3. The fourth-order valence-electron chi connectivity index (χ4n) is 3.76. The molecule has 0 spiro atoms. The molecule has 0 aliphatic rings. The van der Waals surface area contributed by atoms with Crippen molar-refractivity contribution in [3.63, 3.8) is 0 Å². The molecule has 1 aromatic heterocycles. The SMILES string of the molecule is CCOC(=O)/C=C(\C)c1cc2c(-c3cc(C)cc(C(C)(C)C)c3OCC(F)(F)F)cccc2s1. The molecule has 0 aliphatic carbocycles. The molecule has 0 aliphatic heterocycles. The molecule has 0 N–H and O–H groups in total. The van der Waals surface area contributed by atoms with Crippen molar-refractivity contribution in [2.24, 2.45) is 0 Å². The average Bonchev–Trinajstić information content (AvgIpc) is 3.15. The van der Waals surface area contributed by atoms with Crippen molar-refractivity contribution in [1.82, 2.24) is 0 Å². The van der Waals surface area contributed by atoms with E-state index >= 15 is 0 Å². The van der Waals surface area contributed by atoms with Crippen LogP contribution < -0.4 is 4.74 Å². The number of benzene rings is 2. The second kappa shape index (κ2) is 9.82. The number of fused-ring (bicyclic) bond motifs is 1. The fraction of sp³-hybridized carbons (Fsp3) is 0.370. The largest absolute Gasteiger partial charge is 0.483 e. The maximum Gasteiger partial charge on any atom is 0.422 e. The van der Waals surface area contributed by atoms with Crippen LogP contribution in [0.15, 0.2) is 42.5 Å². The number of carbonyl (C=O) groups is 1. The topological polar surface area (TPSA) is 35.5 Å². The average molecular weight is 491 g/mol. The second-order valence-corrected chi connectivity index (χ2v) is 10.3. The number of hydrogen-bond acceptors (Lipinski definition) is 4. The van der Waals surface area contributed by atoms with Gasteiger partial charge in [-0.05, 0) is 61.1 Å². The second-order valence-electron chi connectivity index (χ2n) is 9.25. The molecule has 3 aromatic rings. The van der Waals surface area contributed by atoms with Crippen LogP contribution in [0.2, 0.25) is 0 Å². The highest BCUT2D eigenvalue weighted by atomic mass is 32.1. The summed E-state index contributed by atoms with van der Waals surface area (Å²) in [5.74, 6) is -0.163. The predicted octanol–water partition coefficient (Wildman–Crippen LogP) is 8.08.